The van der Waals surface area contributed by atoms with E-state index in [0.29, 0.717) is 30.2 Å². The number of benzene rings is 3. The smallest absolute Gasteiger partial charge is 0.240 e. The lowest BCUT2D eigenvalue weighted by molar-refractivity contribution is -0.138. The fourth-order valence-electron chi connectivity index (χ4n) is 6.97. The number of amides is 1. The molecule has 3 aromatic rings. The number of aromatic hydroxyl groups is 1. The first kappa shape index (κ1) is 22.3. The van der Waals surface area contributed by atoms with Crippen LogP contribution in [0.3, 0.4) is 0 Å². The molecule has 1 saturated carbocycles. The van der Waals surface area contributed by atoms with E-state index in [9.17, 15) is 9.90 Å². The van der Waals surface area contributed by atoms with E-state index in [0.717, 1.165) is 38.0 Å². The van der Waals surface area contributed by atoms with E-state index in [-0.39, 0.29) is 11.8 Å². The third-order valence-corrected chi connectivity index (χ3v) is 8.54. The summed E-state index contributed by atoms with van der Waals surface area (Å²) < 4.78 is 0. The molecule has 4 bridgehead atoms. The number of phenolic OH excluding ortho intramolecular Hbond substituents is 1. The fourth-order valence-corrected chi connectivity index (χ4v) is 6.97. The number of hydrogen-bond donors (Lipinski definition) is 3. The molecule has 4 aliphatic rings. The van der Waals surface area contributed by atoms with Crippen molar-refractivity contribution in [3.8, 4) is 5.75 Å². The highest BCUT2D eigenvalue weighted by molar-refractivity contribution is 5.87. The Bertz CT molecular complexity index is 1170. The molecule has 0 radical (unpaired) electrons. The van der Waals surface area contributed by atoms with Crippen molar-refractivity contribution in [1.29, 1.82) is 0 Å². The van der Waals surface area contributed by atoms with E-state index in [1.165, 1.54) is 11.1 Å². The molecule has 3 aromatic carbocycles. The van der Waals surface area contributed by atoms with Gasteiger partial charge in [-0.2, -0.15) is 0 Å². The maximum absolute atomic E-state index is 14.0. The van der Waals surface area contributed by atoms with Crippen molar-refractivity contribution in [2.45, 2.75) is 37.5 Å². The van der Waals surface area contributed by atoms with Crippen molar-refractivity contribution in [2.24, 2.45) is 17.8 Å². The van der Waals surface area contributed by atoms with Crippen LogP contribution >= 0.6 is 0 Å². The Labute approximate surface area is 207 Å². The van der Waals surface area contributed by atoms with Crippen LogP contribution in [0.15, 0.2) is 84.9 Å². The summed E-state index contributed by atoms with van der Waals surface area (Å²) >= 11 is 0. The Morgan fingerprint density at radius 2 is 1.63 bits per heavy atom. The number of fused-ring (bicyclic) bond motifs is 1. The normalized spacial score (nSPS) is 29.3. The summed E-state index contributed by atoms with van der Waals surface area (Å²) in [6, 6.07) is 28.7. The van der Waals surface area contributed by atoms with E-state index in [1.807, 2.05) is 30.3 Å². The first-order valence-corrected chi connectivity index (χ1v) is 12.8. The van der Waals surface area contributed by atoms with Crippen LogP contribution in [-0.4, -0.2) is 40.6 Å². The van der Waals surface area contributed by atoms with Gasteiger partial charge in [0.25, 0.3) is 0 Å². The molecule has 180 valence electrons. The lowest BCUT2D eigenvalue weighted by Crippen LogP contribution is -2.74. The summed E-state index contributed by atoms with van der Waals surface area (Å²) in [4.78, 5) is 16.6. The molecular formula is C30H33N3O2. The molecule has 5 heteroatoms. The zero-order valence-electron chi connectivity index (χ0n) is 19.9. The van der Waals surface area contributed by atoms with Gasteiger partial charge in [0.15, 0.2) is 0 Å². The molecule has 3 N–H and O–H groups in total. The van der Waals surface area contributed by atoms with Crippen LogP contribution in [-0.2, 0) is 24.3 Å². The maximum atomic E-state index is 14.0. The predicted octanol–water partition coefficient (Wildman–Crippen LogP) is 3.73. The summed E-state index contributed by atoms with van der Waals surface area (Å²) in [5.74, 6) is 1.71. The van der Waals surface area contributed by atoms with Crippen LogP contribution in [0, 0.1) is 17.8 Å². The highest BCUT2D eigenvalue weighted by Gasteiger charge is 2.64. The molecule has 0 aromatic heterocycles. The largest absolute Gasteiger partial charge is 0.508 e. The van der Waals surface area contributed by atoms with Crippen LogP contribution in [0.1, 0.15) is 23.1 Å². The van der Waals surface area contributed by atoms with Crippen LogP contribution in [0.2, 0.25) is 0 Å². The first-order valence-electron chi connectivity index (χ1n) is 12.8. The Morgan fingerprint density at radius 3 is 2.34 bits per heavy atom. The molecule has 35 heavy (non-hydrogen) atoms. The zero-order valence-corrected chi connectivity index (χ0v) is 19.9. The van der Waals surface area contributed by atoms with Crippen molar-refractivity contribution in [2.75, 3.05) is 13.1 Å². The molecule has 3 saturated heterocycles. The van der Waals surface area contributed by atoms with E-state index < -0.39 is 5.54 Å². The Morgan fingerprint density at radius 1 is 0.943 bits per heavy atom. The molecule has 5 nitrogen and oxygen atoms in total. The first-order chi connectivity index (χ1) is 17.1. The van der Waals surface area contributed by atoms with Crippen molar-refractivity contribution in [3.63, 3.8) is 0 Å². The molecule has 4 fully saturated rings. The van der Waals surface area contributed by atoms with Gasteiger partial charge < -0.3 is 15.7 Å². The van der Waals surface area contributed by atoms with Crippen molar-refractivity contribution >= 4 is 5.91 Å². The minimum absolute atomic E-state index is 0.141. The summed E-state index contributed by atoms with van der Waals surface area (Å²) in [7, 11) is 0. The van der Waals surface area contributed by atoms with Crippen molar-refractivity contribution in [3.05, 3.63) is 102 Å². The molecule has 7 rings (SSSR count). The van der Waals surface area contributed by atoms with Crippen LogP contribution < -0.4 is 10.6 Å². The summed E-state index contributed by atoms with van der Waals surface area (Å²) in [6.07, 6.45) is 1.77. The maximum Gasteiger partial charge on any atom is 0.240 e. The van der Waals surface area contributed by atoms with E-state index >= 15 is 0 Å². The van der Waals surface area contributed by atoms with E-state index in [4.69, 9.17) is 0 Å². The van der Waals surface area contributed by atoms with Crippen LogP contribution in [0.25, 0.3) is 0 Å². The van der Waals surface area contributed by atoms with Gasteiger partial charge in [-0.15, -0.1) is 0 Å². The third kappa shape index (κ3) is 4.13. The van der Waals surface area contributed by atoms with Gasteiger partial charge in [-0.3, -0.25) is 9.69 Å². The summed E-state index contributed by atoms with van der Waals surface area (Å²) in [5.41, 5.74) is 3.06. The number of carbonyl (C=O) groups is 1. The molecule has 3 heterocycles. The second kappa shape index (κ2) is 9.14. The standard InChI is InChI=1S/C30H33N3O2/c34-25-13-11-23(12-14-25)19-33-20-24-16-30(29(35)31-17-22-9-5-2-6-10-22)27(28(33)26(24)18-32-30)15-21-7-3-1-4-8-21/h1-14,24,26-28,32,34H,15-20H2,(H,31,35)/t24-,26-,27+,28+,30+/m1/s1. The monoisotopic (exact) mass is 467 g/mol. The fraction of sp³-hybridized carbons (Fsp3) is 0.367. The molecule has 5 atom stereocenters. The average Bonchev–Trinajstić information content (AvgIpc) is 3.19. The second-order valence-electron chi connectivity index (χ2n) is 10.5. The predicted molar refractivity (Wildman–Crippen MR) is 137 cm³/mol. The highest BCUT2D eigenvalue weighted by atomic mass is 16.3. The van der Waals surface area contributed by atoms with Gasteiger partial charge in [0.05, 0.1) is 0 Å². The molecule has 0 spiro atoms. The number of piperidine rings is 2. The molecule has 1 aliphatic carbocycles. The minimum Gasteiger partial charge on any atom is -0.508 e. The topological polar surface area (TPSA) is 64.6 Å². The second-order valence-corrected chi connectivity index (χ2v) is 10.5. The number of carbonyl (C=O) groups excluding carboxylic acids is 1. The number of nitrogens with zero attached hydrogens (tertiary/aromatic N) is 1. The number of rotatable bonds is 7. The van der Waals surface area contributed by atoms with E-state index in [2.05, 4.69) is 58.0 Å². The molecule has 1 amide bonds. The lowest BCUT2D eigenvalue weighted by Gasteiger charge is -2.56. The minimum atomic E-state index is -0.557. The van der Waals surface area contributed by atoms with Gasteiger partial charge in [-0.05, 0) is 53.5 Å². The van der Waals surface area contributed by atoms with Gasteiger partial charge >= 0.3 is 0 Å². The average molecular weight is 468 g/mol. The van der Waals surface area contributed by atoms with E-state index in [1.54, 1.807) is 12.1 Å². The molecule has 3 aliphatic heterocycles. The van der Waals surface area contributed by atoms with Gasteiger partial charge in [-0.1, -0.05) is 72.8 Å². The summed E-state index contributed by atoms with van der Waals surface area (Å²) in [5, 5.41) is 16.8. The van der Waals surface area contributed by atoms with Crippen molar-refractivity contribution < 1.29 is 9.90 Å². The molecular weight excluding hydrogens is 434 g/mol. The summed E-state index contributed by atoms with van der Waals surface area (Å²) in [6.45, 7) is 3.32. The van der Waals surface area contributed by atoms with Crippen LogP contribution in [0.4, 0.5) is 0 Å². The lowest BCUT2D eigenvalue weighted by atomic mass is 9.58. The number of nitrogens with one attached hydrogen (secondary N) is 2. The Hall–Kier alpha value is -3.15. The number of likely N-dealkylation sites (tertiary alicyclic amines) is 1. The van der Waals surface area contributed by atoms with Crippen LogP contribution in [0.5, 0.6) is 5.75 Å². The highest BCUT2D eigenvalue weighted by Crippen LogP contribution is 2.53. The van der Waals surface area contributed by atoms with Gasteiger partial charge in [0, 0.05) is 38.1 Å². The van der Waals surface area contributed by atoms with Gasteiger partial charge in [0.1, 0.15) is 11.3 Å². The Kier molecular flexibility index (Phi) is 5.83. The molecule has 0 unspecified atom stereocenters. The SMILES string of the molecule is O=C(NCc1ccccc1)[C@@]12C[C@@H]3CN(Cc4ccc(O)cc4)[C@@H]([C@@H]3CN1)[C@@H]2Cc1ccccc1. The van der Waals surface area contributed by atoms with Gasteiger partial charge in [0.2, 0.25) is 5.91 Å². The van der Waals surface area contributed by atoms with Gasteiger partial charge in [-0.25, -0.2) is 0 Å². The third-order valence-electron chi connectivity index (χ3n) is 8.54. The Balaban J connectivity index is 1.30. The zero-order chi connectivity index (χ0) is 23.8. The number of hydrogen-bond acceptors (Lipinski definition) is 4. The number of phenols is 1. The quantitative estimate of drug-likeness (QED) is 0.496. The van der Waals surface area contributed by atoms with Crippen molar-refractivity contribution in [1.82, 2.24) is 15.5 Å².